The van der Waals surface area contributed by atoms with E-state index >= 15 is 0 Å². The Kier molecular flexibility index (Phi) is 4.26. The van der Waals surface area contributed by atoms with E-state index in [0.29, 0.717) is 5.57 Å². The van der Waals surface area contributed by atoms with Gasteiger partial charge in [-0.15, -0.1) is 0 Å². The van der Waals surface area contributed by atoms with Gasteiger partial charge in [0, 0.05) is 14.1 Å². The molecule has 0 aliphatic carbocycles. The molecule has 0 bridgehead atoms. The highest BCUT2D eigenvalue weighted by molar-refractivity contribution is 5.43. The van der Waals surface area contributed by atoms with Gasteiger partial charge in [-0.05, 0) is 24.8 Å². The molecule has 0 atom stereocenters. The zero-order valence-corrected chi connectivity index (χ0v) is 7.50. The molecule has 0 aromatic rings. The van der Waals surface area contributed by atoms with Gasteiger partial charge in [-0.25, -0.2) is 0 Å². The van der Waals surface area contributed by atoms with E-state index in [9.17, 15) is 0 Å². The molecule has 0 spiro atoms. The van der Waals surface area contributed by atoms with E-state index in [1.165, 1.54) is 0 Å². The van der Waals surface area contributed by atoms with Crippen LogP contribution in [0.15, 0.2) is 23.4 Å². The Morgan fingerprint density at radius 1 is 1.25 bits per heavy atom. The molecule has 0 amide bonds. The zero-order chi connectivity index (χ0) is 9.56. The Morgan fingerprint density at radius 2 is 1.75 bits per heavy atom. The number of allylic oxidation sites excluding steroid dienone is 3. The lowest BCUT2D eigenvalue weighted by Gasteiger charge is -2.02. The molecule has 0 aliphatic heterocycles. The van der Waals surface area contributed by atoms with Gasteiger partial charge in [-0.1, -0.05) is 0 Å². The molecule has 12 heavy (non-hydrogen) atoms. The highest BCUT2D eigenvalue weighted by Gasteiger charge is 1.95. The highest BCUT2D eigenvalue weighted by Crippen LogP contribution is 2.03. The molecule has 0 aromatic heterocycles. The molecule has 0 fully saturated rings. The lowest BCUT2D eigenvalue weighted by atomic mass is 10.1. The van der Waals surface area contributed by atoms with Crippen LogP contribution in [0, 0.1) is 22.7 Å². The van der Waals surface area contributed by atoms with Crippen molar-refractivity contribution < 1.29 is 0 Å². The molecule has 3 nitrogen and oxygen atoms in total. The molecule has 0 saturated heterocycles. The van der Waals surface area contributed by atoms with Gasteiger partial charge in [-0.2, -0.15) is 10.5 Å². The first-order valence-electron chi connectivity index (χ1n) is 3.47. The van der Waals surface area contributed by atoms with E-state index in [-0.39, 0.29) is 5.57 Å². The van der Waals surface area contributed by atoms with Crippen molar-refractivity contribution in [3.8, 4) is 12.1 Å². The third-order valence-electron chi connectivity index (χ3n) is 1.24. The van der Waals surface area contributed by atoms with Crippen LogP contribution in [0.25, 0.3) is 0 Å². The summed E-state index contributed by atoms with van der Waals surface area (Å²) in [6, 6.07) is 3.65. The average Bonchev–Trinajstić information content (AvgIpc) is 2.03. The van der Waals surface area contributed by atoms with Crippen molar-refractivity contribution in [2.45, 2.75) is 6.92 Å². The maximum atomic E-state index is 8.48. The second-order valence-corrected chi connectivity index (χ2v) is 2.56. The van der Waals surface area contributed by atoms with Gasteiger partial charge in [0.1, 0.15) is 17.7 Å². The van der Waals surface area contributed by atoms with Crippen LogP contribution in [0.2, 0.25) is 0 Å². The lowest BCUT2D eigenvalue weighted by Crippen LogP contribution is -2.00. The third-order valence-corrected chi connectivity index (χ3v) is 1.24. The fraction of sp³-hybridized carbons (Fsp3) is 0.333. The van der Waals surface area contributed by atoms with E-state index < -0.39 is 0 Å². The number of nitrogens with zero attached hydrogens (tertiary/aromatic N) is 3. The Bertz CT molecular complexity index is 268. The second-order valence-electron chi connectivity index (χ2n) is 2.56. The summed E-state index contributed by atoms with van der Waals surface area (Å²) in [6.07, 6.45) is 3.53. The molecule has 62 valence electrons. The maximum absolute atomic E-state index is 8.48. The van der Waals surface area contributed by atoms with Crippen molar-refractivity contribution >= 4 is 0 Å². The Labute approximate surface area is 72.8 Å². The summed E-state index contributed by atoms with van der Waals surface area (Å²) in [5.74, 6) is 0. The summed E-state index contributed by atoms with van der Waals surface area (Å²) in [7, 11) is 3.75. The summed E-state index contributed by atoms with van der Waals surface area (Å²) in [6.45, 7) is 1.74. The highest BCUT2D eigenvalue weighted by atomic mass is 15.0. The van der Waals surface area contributed by atoms with E-state index in [1.807, 2.05) is 31.1 Å². The fourth-order valence-electron chi connectivity index (χ4n) is 0.546. The van der Waals surface area contributed by atoms with Crippen LogP contribution in [-0.4, -0.2) is 19.0 Å². The Balaban J connectivity index is 4.61. The molecule has 0 saturated carbocycles. The van der Waals surface area contributed by atoms with Crippen molar-refractivity contribution in [3.05, 3.63) is 23.4 Å². The zero-order valence-electron chi connectivity index (χ0n) is 7.50. The van der Waals surface area contributed by atoms with Crippen LogP contribution in [-0.2, 0) is 0 Å². The van der Waals surface area contributed by atoms with Crippen LogP contribution >= 0.6 is 0 Å². The van der Waals surface area contributed by atoms with Crippen LogP contribution in [0.5, 0.6) is 0 Å². The van der Waals surface area contributed by atoms with Crippen LogP contribution < -0.4 is 0 Å². The van der Waals surface area contributed by atoms with E-state index in [1.54, 1.807) is 19.2 Å². The molecular weight excluding hydrogens is 150 g/mol. The molecular formula is C9H11N3. The van der Waals surface area contributed by atoms with E-state index in [0.717, 1.165) is 0 Å². The summed E-state index contributed by atoms with van der Waals surface area (Å²) < 4.78 is 0. The largest absolute Gasteiger partial charge is 0.383 e. The van der Waals surface area contributed by atoms with Gasteiger partial charge in [-0.3, -0.25) is 0 Å². The van der Waals surface area contributed by atoms with Gasteiger partial charge < -0.3 is 4.90 Å². The molecule has 0 heterocycles. The summed E-state index contributed by atoms with van der Waals surface area (Å²) in [4.78, 5) is 1.84. The quantitative estimate of drug-likeness (QED) is 0.454. The minimum absolute atomic E-state index is 0.160. The minimum Gasteiger partial charge on any atom is -0.383 e. The summed E-state index contributed by atoms with van der Waals surface area (Å²) >= 11 is 0. The standard InChI is InChI=1S/C9H11N3/c1-8(4-5-12(2)3)9(6-10)7-11/h4-5H,1-3H3/b5-4+. The Hall–Kier alpha value is -1.74. The topological polar surface area (TPSA) is 50.8 Å². The minimum atomic E-state index is 0.160. The predicted octanol–water partition coefficient (Wildman–Crippen LogP) is 1.43. The van der Waals surface area contributed by atoms with Gasteiger partial charge >= 0.3 is 0 Å². The summed E-state index contributed by atoms with van der Waals surface area (Å²) in [5.41, 5.74) is 0.849. The summed E-state index contributed by atoms with van der Waals surface area (Å²) in [5, 5.41) is 17.0. The number of nitriles is 2. The molecule has 0 aliphatic rings. The number of rotatable bonds is 2. The van der Waals surface area contributed by atoms with Crippen molar-refractivity contribution in [3.63, 3.8) is 0 Å². The fourth-order valence-corrected chi connectivity index (χ4v) is 0.546. The maximum Gasteiger partial charge on any atom is 0.132 e. The first-order valence-corrected chi connectivity index (χ1v) is 3.47. The first-order chi connectivity index (χ1) is 5.61. The third kappa shape index (κ3) is 3.43. The molecule has 3 heteroatoms. The lowest BCUT2D eigenvalue weighted by molar-refractivity contribution is 0.563. The van der Waals surface area contributed by atoms with Crippen molar-refractivity contribution in [2.75, 3.05) is 14.1 Å². The molecule has 0 unspecified atom stereocenters. The van der Waals surface area contributed by atoms with Crippen molar-refractivity contribution in [1.82, 2.24) is 4.90 Å². The van der Waals surface area contributed by atoms with Crippen molar-refractivity contribution in [2.24, 2.45) is 0 Å². The van der Waals surface area contributed by atoms with E-state index in [4.69, 9.17) is 10.5 Å². The van der Waals surface area contributed by atoms with Gasteiger partial charge in [0.15, 0.2) is 0 Å². The number of hydrogen-bond donors (Lipinski definition) is 0. The van der Waals surface area contributed by atoms with Crippen LogP contribution in [0.4, 0.5) is 0 Å². The molecule has 0 aromatic carbocycles. The average molecular weight is 161 g/mol. The van der Waals surface area contributed by atoms with Gasteiger partial charge in [0.25, 0.3) is 0 Å². The SMILES string of the molecule is CC(/C=C/N(C)C)=C(C#N)C#N. The van der Waals surface area contributed by atoms with Crippen molar-refractivity contribution in [1.29, 1.82) is 10.5 Å². The predicted molar refractivity (Wildman–Crippen MR) is 46.8 cm³/mol. The normalized spacial score (nSPS) is 8.75. The molecule has 0 rings (SSSR count). The number of hydrogen-bond acceptors (Lipinski definition) is 3. The van der Waals surface area contributed by atoms with Gasteiger partial charge in [0.2, 0.25) is 0 Å². The van der Waals surface area contributed by atoms with E-state index in [2.05, 4.69) is 0 Å². The second kappa shape index (κ2) is 4.98. The monoisotopic (exact) mass is 161 g/mol. The van der Waals surface area contributed by atoms with Gasteiger partial charge in [0.05, 0.1) is 0 Å². The van der Waals surface area contributed by atoms with Crippen LogP contribution in [0.1, 0.15) is 6.92 Å². The molecule has 0 N–H and O–H groups in total. The van der Waals surface area contributed by atoms with Crippen LogP contribution in [0.3, 0.4) is 0 Å². The smallest absolute Gasteiger partial charge is 0.132 e. The Morgan fingerprint density at radius 3 is 2.08 bits per heavy atom. The molecule has 0 radical (unpaired) electrons. The first kappa shape index (κ1) is 10.3.